The molecule has 1 atom stereocenters. The molecular weight excluding hydrogens is 364 g/mol. The highest BCUT2D eigenvalue weighted by atomic mass is 16.2. The maximum Gasteiger partial charge on any atom is 0.319 e. The average molecular weight is 403 g/mol. The summed E-state index contributed by atoms with van der Waals surface area (Å²) in [4.78, 5) is 26.7. The van der Waals surface area contributed by atoms with Crippen molar-refractivity contribution < 1.29 is 9.59 Å². The fourth-order valence-corrected chi connectivity index (χ4v) is 3.74. The van der Waals surface area contributed by atoms with Crippen LogP contribution in [0.5, 0.6) is 0 Å². The second-order valence-electron chi connectivity index (χ2n) is 9.09. The molecule has 3 amide bonds. The van der Waals surface area contributed by atoms with Gasteiger partial charge in [0.15, 0.2) is 0 Å². The third-order valence-electron chi connectivity index (χ3n) is 5.55. The van der Waals surface area contributed by atoms with Crippen LogP contribution in [0.1, 0.15) is 53.9 Å². The van der Waals surface area contributed by atoms with Crippen molar-refractivity contribution in [1.82, 2.24) is 10.2 Å². The van der Waals surface area contributed by atoms with Crippen LogP contribution in [0.4, 0.5) is 16.2 Å². The van der Waals surface area contributed by atoms with Crippen LogP contribution < -0.4 is 16.0 Å². The van der Waals surface area contributed by atoms with Gasteiger partial charge < -0.3 is 16.0 Å². The van der Waals surface area contributed by atoms with E-state index < -0.39 is 0 Å². The summed E-state index contributed by atoms with van der Waals surface area (Å²) < 4.78 is 0. The summed E-state index contributed by atoms with van der Waals surface area (Å²) in [5.74, 6) is 1.61. The Morgan fingerprint density at radius 1 is 1.00 bits per heavy atom. The second-order valence-corrected chi connectivity index (χ2v) is 9.09. The highest BCUT2D eigenvalue weighted by Crippen LogP contribution is 2.21. The van der Waals surface area contributed by atoms with Crippen LogP contribution in [0.25, 0.3) is 0 Å². The molecule has 6 nitrogen and oxygen atoms in total. The molecule has 1 heterocycles. The number of anilines is 2. The zero-order chi connectivity index (χ0) is 21.4. The number of likely N-dealkylation sites (tertiary alicyclic amines) is 1. The Labute approximate surface area is 175 Å². The van der Waals surface area contributed by atoms with E-state index in [-0.39, 0.29) is 11.9 Å². The first-order valence-corrected chi connectivity index (χ1v) is 10.9. The first kappa shape index (κ1) is 23.2. The maximum atomic E-state index is 12.3. The Hall–Kier alpha value is -2.08. The number of carbonyl (C=O) groups is 2. The molecule has 1 aliphatic heterocycles. The second kappa shape index (κ2) is 11.2. The molecule has 1 aromatic rings. The normalized spacial score (nSPS) is 16.7. The summed E-state index contributed by atoms with van der Waals surface area (Å²) in [6, 6.07) is 7.37. The monoisotopic (exact) mass is 402 g/mol. The lowest BCUT2D eigenvalue weighted by molar-refractivity contribution is -0.116. The minimum absolute atomic E-state index is 0.00489. The standard InChI is InChI=1S/C23H38N4O2/c1-16(2)14-22(28)25-19-6-8-20(9-7-19)26-23(29)24-15-21(17(3)4)27-12-10-18(5)11-13-27/h6-9,16-18,21H,10-15H2,1-5H3,(H,25,28)(H2,24,26,29). The third kappa shape index (κ3) is 8.05. The van der Waals surface area contributed by atoms with Gasteiger partial charge >= 0.3 is 6.03 Å². The molecule has 0 bridgehead atoms. The topological polar surface area (TPSA) is 73.5 Å². The molecule has 6 heteroatoms. The number of carbonyl (C=O) groups excluding carboxylic acids is 2. The lowest BCUT2D eigenvalue weighted by atomic mass is 9.94. The van der Waals surface area contributed by atoms with E-state index in [9.17, 15) is 9.59 Å². The van der Waals surface area contributed by atoms with Gasteiger partial charge in [0.2, 0.25) is 5.91 Å². The Morgan fingerprint density at radius 2 is 1.55 bits per heavy atom. The number of benzene rings is 1. The van der Waals surface area contributed by atoms with Crippen molar-refractivity contribution in [3.8, 4) is 0 Å². The quantitative estimate of drug-likeness (QED) is 0.597. The minimum Gasteiger partial charge on any atom is -0.336 e. The molecule has 2 rings (SSSR count). The first-order valence-electron chi connectivity index (χ1n) is 10.9. The Kier molecular flexibility index (Phi) is 8.96. The van der Waals surface area contributed by atoms with Gasteiger partial charge in [0, 0.05) is 30.4 Å². The lowest BCUT2D eigenvalue weighted by Gasteiger charge is -2.38. The Bertz CT molecular complexity index is 649. The van der Waals surface area contributed by atoms with Crippen LogP contribution in [0, 0.1) is 17.8 Å². The summed E-state index contributed by atoms with van der Waals surface area (Å²) in [6.07, 6.45) is 2.96. The van der Waals surface area contributed by atoms with Crippen molar-refractivity contribution in [3.05, 3.63) is 24.3 Å². The van der Waals surface area contributed by atoms with Crippen molar-refractivity contribution in [2.75, 3.05) is 30.3 Å². The molecule has 1 aromatic carbocycles. The minimum atomic E-state index is -0.197. The van der Waals surface area contributed by atoms with Gasteiger partial charge in [0.05, 0.1) is 0 Å². The predicted molar refractivity (Wildman–Crippen MR) is 120 cm³/mol. The highest BCUT2D eigenvalue weighted by Gasteiger charge is 2.25. The molecule has 1 unspecified atom stereocenters. The summed E-state index contributed by atoms with van der Waals surface area (Å²) in [5, 5.41) is 8.78. The molecule has 1 saturated heterocycles. The summed E-state index contributed by atoms with van der Waals surface area (Å²) in [7, 11) is 0. The largest absolute Gasteiger partial charge is 0.336 e. The van der Waals surface area contributed by atoms with Crippen molar-refractivity contribution >= 4 is 23.3 Å². The Balaban J connectivity index is 1.81. The number of nitrogens with zero attached hydrogens (tertiary/aromatic N) is 1. The number of hydrogen-bond acceptors (Lipinski definition) is 3. The molecule has 0 saturated carbocycles. The summed E-state index contributed by atoms with van der Waals surface area (Å²) in [5.41, 5.74) is 1.44. The number of rotatable bonds is 8. The van der Waals surface area contributed by atoms with Crippen LogP contribution in [0.2, 0.25) is 0 Å². The van der Waals surface area contributed by atoms with Crippen LogP contribution >= 0.6 is 0 Å². The van der Waals surface area contributed by atoms with Gasteiger partial charge in [-0.1, -0.05) is 34.6 Å². The van der Waals surface area contributed by atoms with E-state index in [0.717, 1.165) is 24.7 Å². The third-order valence-corrected chi connectivity index (χ3v) is 5.55. The van der Waals surface area contributed by atoms with Crippen molar-refractivity contribution in [2.24, 2.45) is 17.8 Å². The van der Waals surface area contributed by atoms with Crippen LogP contribution in [-0.4, -0.2) is 42.5 Å². The molecule has 1 fully saturated rings. The van der Waals surface area contributed by atoms with Gasteiger partial charge in [-0.3, -0.25) is 9.69 Å². The van der Waals surface area contributed by atoms with E-state index >= 15 is 0 Å². The summed E-state index contributed by atoms with van der Waals surface area (Å²) in [6.45, 7) is 13.6. The van der Waals surface area contributed by atoms with Gasteiger partial charge in [0.1, 0.15) is 0 Å². The number of amides is 3. The van der Waals surface area contributed by atoms with Crippen molar-refractivity contribution in [1.29, 1.82) is 0 Å². The van der Waals surface area contributed by atoms with Crippen LogP contribution in [0.3, 0.4) is 0 Å². The molecule has 29 heavy (non-hydrogen) atoms. The molecule has 162 valence electrons. The molecule has 0 radical (unpaired) electrons. The molecule has 0 spiro atoms. The lowest BCUT2D eigenvalue weighted by Crippen LogP contribution is -2.50. The van der Waals surface area contributed by atoms with E-state index in [1.807, 2.05) is 13.8 Å². The average Bonchev–Trinajstić information content (AvgIpc) is 2.64. The fourth-order valence-electron chi connectivity index (χ4n) is 3.74. The predicted octanol–water partition coefficient (Wildman–Crippen LogP) is 4.55. The van der Waals surface area contributed by atoms with Gasteiger partial charge in [-0.15, -0.1) is 0 Å². The highest BCUT2D eigenvalue weighted by molar-refractivity contribution is 5.92. The number of urea groups is 1. The molecule has 0 aromatic heterocycles. The summed E-state index contributed by atoms with van der Waals surface area (Å²) >= 11 is 0. The van der Waals surface area contributed by atoms with Gasteiger partial charge in [-0.2, -0.15) is 0 Å². The maximum absolute atomic E-state index is 12.3. The van der Waals surface area contributed by atoms with E-state index in [1.165, 1.54) is 12.8 Å². The van der Waals surface area contributed by atoms with E-state index in [2.05, 4.69) is 41.6 Å². The van der Waals surface area contributed by atoms with Crippen LogP contribution in [-0.2, 0) is 4.79 Å². The van der Waals surface area contributed by atoms with Gasteiger partial charge in [-0.05, 0) is 68.0 Å². The number of piperidine rings is 1. The Morgan fingerprint density at radius 3 is 2.07 bits per heavy atom. The number of hydrogen-bond donors (Lipinski definition) is 3. The van der Waals surface area contributed by atoms with Gasteiger partial charge in [0.25, 0.3) is 0 Å². The van der Waals surface area contributed by atoms with E-state index in [0.29, 0.717) is 36.5 Å². The van der Waals surface area contributed by atoms with Gasteiger partial charge in [-0.25, -0.2) is 4.79 Å². The number of nitrogens with one attached hydrogen (secondary N) is 3. The SMILES string of the molecule is CC(C)CC(=O)Nc1ccc(NC(=O)NCC(C(C)C)N2CCC(C)CC2)cc1. The van der Waals surface area contributed by atoms with E-state index in [1.54, 1.807) is 24.3 Å². The molecule has 0 aliphatic carbocycles. The first-order chi connectivity index (χ1) is 13.7. The van der Waals surface area contributed by atoms with E-state index in [4.69, 9.17) is 0 Å². The zero-order valence-electron chi connectivity index (χ0n) is 18.6. The molecular formula is C23H38N4O2. The van der Waals surface area contributed by atoms with Crippen LogP contribution in [0.15, 0.2) is 24.3 Å². The van der Waals surface area contributed by atoms with Crippen molar-refractivity contribution in [2.45, 2.75) is 59.9 Å². The molecule has 1 aliphatic rings. The van der Waals surface area contributed by atoms with Crippen molar-refractivity contribution in [3.63, 3.8) is 0 Å². The smallest absolute Gasteiger partial charge is 0.319 e. The molecule has 3 N–H and O–H groups in total. The zero-order valence-corrected chi connectivity index (χ0v) is 18.6. The fraction of sp³-hybridized carbons (Fsp3) is 0.652.